The number of nitrogens with zero attached hydrogens (tertiary/aromatic N) is 2. The average molecular weight is 339 g/mol. The molecule has 1 amide bonds. The van der Waals surface area contributed by atoms with Crippen LogP contribution in [0.15, 0.2) is 40.3 Å². The van der Waals surface area contributed by atoms with Crippen molar-refractivity contribution in [1.82, 2.24) is 5.32 Å². The molecule has 0 spiro atoms. The first-order valence-electron chi connectivity index (χ1n) is 7.59. The number of nitro groups is 1. The van der Waals surface area contributed by atoms with Crippen molar-refractivity contribution < 1.29 is 14.1 Å². The van der Waals surface area contributed by atoms with Crippen molar-refractivity contribution in [1.29, 1.82) is 5.26 Å². The SMILES string of the molecule is Cc1ccc(-c2ccc(/C=C(/C#N)C(=O)NC(C)C)o2)cc1[N+](=O)[O-]. The molecule has 25 heavy (non-hydrogen) atoms. The number of carbonyl (C=O) groups excluding carboxylic acids is 1. The molecule has 2 rings (SSSR count). The van der Waals surface area contributed by atoms with Crippen molar-refractivity contribution in [2.24, 2.45) is 0 Å². The lowest BCUT2D eigenvalue weighted by atomic mass is 10.1. The quantitative estimate of drug-likeness (QED) is 0.387. The van der Waals surface area contributed by atoms with Gasteiger partial charge in [0.1, 0.15) is 23.2 Å². The lowest BCUT2D eigenvalue weighted by Crippen LogP contribution is -2.30. The molecule has 7 heteroatoms. The highest BCUT2D eigenvalue weighted by molar-refractivity contribution is 6.01. The molecule has 7 nitrogen and oxygen atoms in total. The molecule has 128 valence electrons. The Bertz CT molecular complexity index is 888. The number of nitriles is 1. The van der Waals surface area contributed by atoms with Gasteiger partial charge in [-0.25, -0.2) is 0 Å². The van der Waals surface area contributed by atoms with Gasteiger partial charge in [-0.1, -0.05) is 12.1 Å². The van der Waals surface area contributed by atoms with Crippen LogP contribution in [0.25, 0.3) is 17.4 Å². The first-order valence-corrected chi connectivity index (χ1v) is 7.59. The van der Waals surface area contributed by atoms with Crippen LogP contribution in [0.1, 0.15) is 25.2 Å². The summed E-state index contributed by atoms with van der Waals surface area (Å²) in [5.74, 6) is 0.242. The number of rotatable bonds is 5. The average Bonchev–Trinajstić information content (AvgIpc) is 3.00. The summed E-state index contributed by atoms with van der Waals surface area (Å²) in [7, 11) is 0. The van der Waals surface area contributed by atoms with Gasteiger partial charge in [0.2, 0.25) is 0 Å². The zero-order valence-corrected chi connectivity index (χ0v) is 14.1. The van der Waals surface area contributed by atoms with E-state index in [1.54, 1.807) is 45.0 Å². The molecule has 0 unspecified atom stereocenters. The van der Waals surface area contributed by atoms with Crippen molar-refractivity contribution in [2.75, 3.05) is 0 Å². The molecule has 1 heterocycles. The van der Waals surface area contributed by atoms with Gasteiger partial charge >= 0.3 is 0 Å². The van der Waals surface area contributed by atoms with Crippen LogP contribution in [0.2, 0.25) is 0 Å². The number of nitro benzene ring substituents is 1. The second-order valence-electron chi connectivity index (χ2n) is 5.76. The van der Waals surface area contributed by atoms with E-state index in [4.69, 9.17) is 9.68 Å². The molecule has 2 aromatic rings. The summed E-state index contributed by atoms with van der Waals surface area (Å²) in [6.45, 7) is 5.25. The molecule has 0 bridgehead atoms. The third-order valence-corrected chi connectivity index (χ3v) is 3.39. The largest absolute Gasteiger partial charge is 0.457 e. The highest BCUT2D eigenvalue weighted by atomic mass is 16.6. The Morgan fingerprint density at radius 1 is 1.36 bits per heavy atom. The zero-order valence-electron chi connectivity index (χ0n) is 14.1. The Balaban J connectivity index is 2.32. The number of hydrogen-bond acceptors (Lipinski definition) is 5. The highest BCUT2D eigenvalue weighted by Crippen LogP contribution is 2.28. The van der Waals surface area contributed by atoms with Crippen LogP contribution in [-0.4, -0.2) is 16.9 Å². The lowest BCUT2D eigenvalue weighted by Gasteiger charge is -2.06. The van der Waals surface area contributed by atoms with Gasteiger partial charge in [0.25, 0.3) is 11.6 Å². The van der Waals surface area contributed by atoms with E-state index in [9.17, 15) is 14.9 Å². The van der Waals surface area contributed by atoms with Crippen LogP contribution in [0.5, 0.6) is 0 Å². The predicted molar refractivity (Wildman–Crippen MR) is 92.4 cm³/mol. The Labute approximate surface area is 144 Å². The maximum atomic E-state index is 11.9. The van der Waals surface area contributed by atoms with Gasteiger partial charge < -0.3 is 9.73 Å². The Hall–Kier alpha value is -3.40. The van der Waals surface area contributed by atoms with Crippen LogP contribution < -0.4 is 5.32 Å². The minimum absolute atomic E-state index is 0.0000159. The van der Waals surface area contributed by atoms with Crippen molar-refractivity contribution in [3.63, 3.8) is 0 Å². The van der Waals surface area contributed by atoms with Gasteiger partial charge in [0.05, 0.1) is 4.92 Å². The smallest absolute Gasteiger partial charge is 0.273 e. The van der Waals surface area contributed by atoms with E-state index >= 15 is 0 Å². The van der Waals surface area contributed by atoms with E-state index in [-0.39, 0.29) is 17.3 Å². The van der Waals surface area contributed by atoms with Crippen LogP contribution in [-0.2, 0) is 4.79 Å². The number of benzene rings is 1. The van der Waals surface area contributed by atoms with Crippen LogP contribution >= 0.6 is 0 Å². The van der Waals surface area contributed by atoms with E-state index in [1.165, 1.54) is 12.1 Å². The summed E-state index contributed by atoms with van der Waals surface area (Å²) in [5.41, 5.74) is 1.02. The molecule has 0 saturated heterocycles. The first-order chi connectivity index (χ1) is 11.8. The summed E-state index contributed by atoms with van der Waals surface area (Å²) in [4.78, 5) is 22.5. The molecular formula is C18H17N3O4. The fourth-order valence-corrected chi connectivity index (χ4v) is 2.18. The van der Waals surface area contributed by atoms with E-state index in [0.717, 1.165) is 0 Å². The molecule has 0 aliphatic carbocycles. The number of nitrogens with one attached hydrogen (secondary N) is 1. The van der Waals surface area contributed by atoms with Gasteiger partial charge in [-0.3, -0.25) is 14.9 Å². The predicted octanol–water partition coefficient (Wildman–Crippen LogP) is 3.59. The molecule has 0 atom stereocenters. The van der Waals surface area contributed by atoms with Gasteiger partial charge in [0, 0.05) is 29.3 Å². The molecule has 0 aliphatic heterocycles. The van der Waals surface area contributed by atoms with Crippen LogP contribution in [0, 0.1) is 28.4 Å². The number of hydrogen-bond donors (Lipinski definition) is 1. The number of amides is 1. The third kappa shape index (κ3) is 4.32. The van der Waals surface area contributed by atoms with Crippen LogP contribution in [0.4, 0.5) is 5.69 Å². The Kier molecular flexibility index (Phi) is 5.35. The monoisotopic (exact) mass is 339 g/mol. The summed E-state index contributed by atoms with van der Waals surface area (Å²) < 4.78 is 5.60. The molecular weight excluding hydrogens is 322 g/mol. The topological polar surface area (TPSA) is 109 Å². The van der Waals surface area contributed by atoms with Gasteiger partial charge in [-0.15, -0.1) is 0 Å². The molecule has 0 aliphatic rings. The van der Waals surface area contributed by atoms with Crippen molar-refractivity contribution in [3.8, 4) is 17.4 Å². The molecule has 0 fully saturated rings. The number of furan rings is 1. The highest BCUT2D eigenvalue weighted by Gasteiger charge is 2.15. The summed E-state index contributed by atoms with van der Waals surface area (Å²) in [5, 5.41) is 22.8. The Morgan fingerprint density at radius 2 is 2.08 bits per heavy atom. The summed E-state index contributed by atoms with van der Waals surface area (Å²) in [6, 6.07) is 9.76. The van der Waals surface area contributed by atoms with E-state index in [2.05, 4.69) is 5.32 Å². The minimum Gasteiger partial charge on any atom is -0.457 e. The summed E-state index contributed by atoms with van der Waals surface area (Å²) in [6.07, 6.45) is 1.34. The molecule has 1 aromatic heterocycles. The standard InChI is InChI=1S/C18H17N3O4/c1-11(2)20-18(22)14(10-19)8-15-6-7-17(25-15)13-5-4-12(3)16(9-13)21(23)24/h4-9,11H,1-3H3,(H,20,22)/b14-8-. The molecule has 0 saturated carbocycles. The lowest BCUT2D eigenvalue weighted by molar-refractivity contribution is -0.385. The Morgan fingerprint density at radius 3 is 2.68 bits per heavy atom. The third-order valence-electron chi connectivity index (χ3n) is 3.39. The maximum Gasteiger partial charge on any atom is 0.273 e. The second kappa shape index (κ2) is 7.45. The maximum absolute atomic E-state index is 11.9. The molecule has 1 N–H and O–H groups in total. The van der Waals surface area contributed by atoms with E-state index < -0.39 is 10.8 Å². The molecule has 1 aromatic carbocycles. The van der Waals surface area contributed by atoms with Gasteiger partial charge in [-0.05, 0) is 32.9 Å². The minimum atomic E-state index is -0.485. The van der Waals surface area contributed by atoms with Crippen LogP contribution in [0.3, 0.4) is 0 Å². The zero-order chi connectivity index (χ0) is 18.6. The summed E-state index contributed by atoms with van der Waals surface area (Å²) >= 11 is 0. The number of aryl methyl sites for hydroxylation is 1. The number of carbonyl (C=O) groups is 1. The normalized spacial score (nSPS) is 11.2. The van der Waals surface area contributed by atoms with Crippen molar-refractivity contribution in [3.05, 3.63) is 57.3 Å². The van der Waals surface area contributed by atoms with Crippen molar-refractivity contribution in [2.45, 2.75) is 26.8 Å². The first kappa shape index (κ1) is 17.9. The van der Waals surface area contributed by atoms with Gasteiger partial charge in [0.15, 0.2) is 0 Å². The van der Waals surface area contributed by atoms with Crippen molar-refractivity contribution >= 4 is 17.7 Å². The fraction of sp³-hybridized carbons (Fsp3) is 0.222. The van der Waals surface area contributed by atoms with E-state index in [1.807, 2.05) is 6.07 Å². The second-order valence-corrected chi connectivity index (χ2v) is 5.76. The van der Waals surface area contributed by atoms with E-state index in [0.29, 0.717) is 22.6 Å². The van der Waals surface area contributed by atoms with Gasteiger partial charge in [-0.2, -0.15) is 5.26 Å². The fourth-order valence-electron chi connectivity index (χ4n) is 2.18. The molecule has 0 radical (unpaired) electrons.